The zero-order valence-electron chi connectivity index (χ0n) is 7.78. The molecule has 1 N–H and O–H groups in total. The van der Waals surface area contributed by atoms with Gasteiger partial charge in [0.15, 0.2) is 0 Å². The van der Waals surface area contributed by atoms with Crippen molar-refractivity contribution in [2.24, 2.45) is 0 Å². The average molecular weight is 183 g/mol. The lowest BCUT2D eigenvalue weighted by Gasteiger charge is -1.98. The standard InChI is InChI=1S/C11H9N3/c1-8-3-5-9(6-4-8)11-10(12-2)7-13-14-11/h3-7H,1H3,(H,13,14). The molecule has 0 aliphatic carbocycles. The molecule has 0 unspecified atom stereocenters. The zero-order valence-corrected chi connectivity index (χ0v) is 7.78. The molecule has 1 heterocycles. The molecule has 0 aliphatic rings. The average Bonchev–Trinajstić information content (AvgIpc) is 2.67. The summed E-state index contributed by atoms with van der Waals surface area (Å²) in [5, 5.41) is 6.68. The van der Waals surface area contributed by atoms with E-state index in [-0.39, 0.29) is 0 Å². The highest BCUT2D eigenvalue weighted by Gasteiger charge is 2.05. The Kier molecular flexibility index (Phi) is 2.04. The molecule has 1 aromatic carbocycles. The number of nitrogens with zero attached hydrogens (tertiary/aromatic N) is 2. The second kappa shape index (κ2) is 3.35. The van der Waals surface area contributed by atoms with E-state index in [1.54, 1.807) is 6.20 Å². The second-order valence-corrected chi connectivity index (χ2v) is 3.11. The monoisotopic (exact) mass is 183 g/mol. The van der Waals surface area contributed by atoms with Crippen molar-refractivity contribution in [3.05, 3.63) is 47.4 Å². The summed E-state index contributed by atoms with van der Waals surface area (Å²) in [6.07, 6.45) is 1.54. The summed E-state index contributed by atoms with van der Waals surface area (Å²) in [4.78, 5) is 3.39. The summed E-state index contributed by atoms with van der Waals surface area (Å²) < 4.78 is 0. The lowest BCUT2D eigenvalue weighted by atomic mass is 10.1. The molecule has 1 aromatic heterocycles. The van der Waals surface area contributed by atoms with Crippen LogP contribution in [-0.4, -0.2) is 10.2 Å². The largest absolute Gasteiger partial charge is 0.290 e. The van der Waals surface area contributed by atoms with Crippen LogP contribution in [0, 0.1) is 13.5 Å². The fourth-order valence-corrected chi connectivity index (χ4v) is 1.30. The van der Waals surface area contributed by atoms with E-state index in [0.717, 1.165) is 11.3 Å². The first-order valence-corrected chi connectivity index (χ1v) is 4.29. The van der Waals surface area contributed by atoms with E-state index in [1.807, 2.05) is 31.2 Å². The van der Waals surface area contributed by atoms with Gasteiger partial charge in [0.2, 0.25) is 5.69 Å². The van der Waals surface area contributed by atoms with Gasteiger partial charge in [-0.2, -0.15) is 5.10 Å². The third-order valence-corrected chi connectivity index (χ3v) is 2.08. The predicted molar refractivity (Wildman–Crippen MR) is 55.0 cm³/mol. The fourth-order valence-electron chi connectivity index (χ4n) is 1.30. The summed E-state index contributed by atoms with van der Waals surface area (Å²) >= 11 is 0. The lowest BCUT2D eigenvalue weighted by molar-refractivity contribution is 1.09. The Morgan fingerprint density at radius 3 is 2.64 bits per heavy atom. The Morgan fingerprint density at radius 1 is 1.29 bits per heavy atom. The number of nitrogens with one attached hydrogen (secondary N) is 1. The van der Waals surface area contributed by atoms with Gasteiger partial charge in [-0.05, 0) is 12.5 Å². The third kappa shape index (κ3) is 1.38. The van der Waals surface area contributed by atoms with Crippen molar-refractivity contribution in [1.29, 1.82) is 0 Å². The number of aromatic amines is 1. The molecule has 0 amide bonds. The summed E-state index contributed by atoms with van der Waals surface area (Å²) in [7, 11) is 0. The molecular weight excluding hydrogens is 174 g/mol. The van der Waals surface area contributed by atoms with Crippen molar-refractivity contribution in [2.45, 2.75) is 6.92 Å². The van der Waals surface area contributed by atoms with Gasteiger partial charge in [0.05, 0.1) is 18.5 Å². The number of hydrogen-bond acceptors (Lipinski definition) is 1. The number of rotatable bonds is 1. The van der Waals surface area contributed by atoms with Crippen LogP contribution in [0.25, 0.3) is 16.1 Å². The Labute approximate surface area is 82.2 Å². The van der Waals surface area contributed by atoms with Crippen LogP contribution in [0.2, 0.25) is 0 Å². The van der Waals surface area contributed by atoms with Crippen LogP contribution < -0.4 is 0 Å². The number of benzene rings is 1. The van der Waals surface area contributed by atoms with Crippen molar-refractivity contribution >= 4 is 5.69 Å². The number of aryl methyl sites for hydroxylation is 1. The predicted octanol–water partition coefficient (Wildman–Crippen LogP) is 2.94. The van der Waals surface area contributed by atoms with E-state index in [0.29, 0.717) is 5.69 Å². The molecule has 0 radical (unpaired) electrons. The molecule has 0 spiro atoms. The van der Waals surface area contributed by atoms with Crippen LogP contribution in [0.3, 0.4) is 0 Å². The Morgan fingerprint density at radius 2 is 2.00 bits per heavy atom. The molecule has 0 atom stereocenters. The second-order valence-electron chi connectivity index (χ2n) is 3.11. The highest BCUT2D eigenvalue weighted by atomic mass is 15.1. The van der Waals surface area contributed by atoms with E-state index >= 15 is 0 Å². The van der Waals surface area contributed by atoms with Crippen LogP contribution in [0.15, 0.2) is 30.5 Å². The van der Waals surface area contributed by atoms with Crippen molar-refractivity contribution in [1.82, 2.24) is 10.2 Å². The van der Waals surface area contributed by atoms with Gasteiger partial charge in [0.1, 0.15) is 0 Å². The molecule has 14 heavy (non-hydrogen) atoms. The first-order valence-electron chi connectivity index (χ1n) is 4.29. The smallest absolute Gasteiger partial charge is 0.231 e. The van der Waals surface area contributed by atoms with Gasteiger partial charge in [-0.25, -0.2) is 4.85 Å². The summed E-state index contributed by atoms with van der Waals surface area (Å²) in [6.45, 7) is 8.99. The van der Waals surface area contributed by atoms with Crippen molar-refractivity contribution in [3.8, 4) is 11.3 Å². The van der Waals surface area contributed by atoms with E-state index in [2.05, 4.69) is 15.0 Å². The maximum absolute atomic E-state index is 6.96. The molecule has 3 nitrogen and oxygen atoms in total. The minimum atomic E-state index is 0.564. The van der Waals surface area contributed by atoms with Crippen LogP contribution in [0.4, 0.5) is 5.69 Å². The van der Waals surface area contributed by atoms with Crippen LogP contribution in [0.1, 0.15) is 5.56 Å². The molecule has 0 aliphatic heterocycles. The molecule has 3 heteroatoms. The van der Waals surface area contributed by atoms with E-state index in [1.165, 1.54) is 5.56 Å². The van der Waals surface area contributed by atoms with Gasteiger partial charge >= 0.3 is 0 Å². The number of aromatic nitrogens is 2. The molecule has 0 saturated heterocycles. The summed E-state index contributed by atoms with van der Waals surface area (Å²) in [5.74, 6) is 0. The van der Waals surface area contributed by atoms with Crippen molar-refractivity contribution < 1.29 is 0 Å². The van der Waals surface area contributed by atoms with Gasteiger partial charge in [0.25, 0.3) is 0 Å². The maximum atomic E-state index is 6.96. The molecule has 0 fully saturated rings. The summed E-state index contributed by atoms with van der Waals surface area (Å²) in [6, 6.07) is 8.00. The lowest BCUT2D eigenvalue weighted by Crippen LogP contribution is -1.78. The van der Waals surface area contributed by atoms with E-state index in [4.69, 9.17) is 6.57 Å². The minimum absolute atomic E-state index is 0.564. The quantitative estimate of drug-likeness (QED) is 0.677. The Hall–Kier alpha value is -2.08. The molecule has 68 valence electrons. The van der Waals surface area contributed by atoms with Crippen LogP contribution in [-0.2, 0) is 0 Å². The van der Waals surface area contributed by atoms with Gasteiger partial charge < -0.3 is 0 Å². The van der Waals surface area contributed by atoms with E-state index in [9.17, 15) is 0 Å². The minimum Gasteiger partial charge on any atom is -0.290 e. The van der Waals surface area contributed by atoms with Gasteiger partial charge in [-0.3, -0.25) is 5.10 Å². The van der Waals surface area contributed by atoms with Crippen molar-refractivity contribution in [3.63, 3.8) is 0 Å². The van der Waals surface area contributed by atoms with Crippen LogP contribution >= 0.6 is 0 Å². The molecule has 0 saturated carbocycles. The van der Waals surface area contributed by atoms with E-state index < -0.39 is 0 Å². The van der Waals surface area contributed by atoms with Crippen LogP contribution in [0.5, 0.6) is 0 Å². The summed E-state index contributed by atoms with van der Waals surface area (Å²) in [5.41, 5.74) is 3.56. The first-order chi connectivity index (χ1) is 6.81. The maximum Gasteiger partial charge on any atom is 0.231 e. The molecular formula is C11H9N3. The Balaban J connectivity index is 2.50. The molecule has 0 bridgehead atoms. The topological polar surface area (TPSA) is 33.0 Å². The molecule has 2 aromatic rings. The number of hydrogen-bond donors (Lipinski definition) is 1. The normalized spacial score (nSPS) is 9.71. The van der Waals surface area contributed by atoms with Crippen molar-refractivity contribution in [2.75, 3.05) is 0 Å². The highest BCUT2D eigenvalue weighted by molar-refractivity contribution is 5.74. The van der Waals surface area contributed by atoms with Gasteiger partial charge in [0, 0.05) is 0 Å². The zero-order chi connectivity index (χ0) is 9.97. The third-order valence-electron chi connectivity index (χ3n) is 2.08. The molecule has 2 rings (SSSR count). The Bertz CT molecular complexity index is 474. The van der Waals surface area contributed by atoms with Gasteiger partial charge in [-0.1, -0.05) is 29.8 Å². The first kappa shape index (κ1) is 8.52. The highest BCUT2D eigenvalue weighted by Crippen LogP contribution is 2.27. The van der Waals surface area contributed by atoms with Gasteiger partial charge in [-0.15, -0.1) is 0 Å². The fraction of sp³-hybridized carbons (Fsp3) is 0.0909. The number of H-pyrrole nitrogens is 1. The SMILES string of the molecule is [C-]#[N+]c1cn[nH]c1-c1ccc(C)cc1.